The highest BCUT2D eigenvalue weighted by Crippen LogP contribution is 2.49. The smallest absolute Gasteiger partial charge is 0.387 e. The van der Waals surface area contributed by atoms with E-state index in [1.165, 1.54) is 12.1 Å². The number of hydrogen-bond acceptors (Lipinski definition) is 3. The van der Waals surface area contributed by atoms with E-state index in [2.05, 4.69) is 27.8 Å². The van der Waals surface area contributed by atoms with E-state index >= 15 is 0 Å². The second-order valence-corrected chi connectivity index (χ2v) is 8.11. The molecule has 1 aliphatic carbocycles. The fraction of sp³-hybridized carbons (Fsp3) is 0.389. The van der Waals surface area contributed by atoms with Crippen LogP contribution in [0.5, 0.6) is 5.75 Å². The molecule has 0 radical (unpaired) electrons. The van der Waals surface area contributed by atoms with Gasteiger partial charge in [0, 0.05) is 33.1 Å². The molecule has 26 heavy (non-hydrogen) atoms. The normalized spacial score (nSPS) is 24.4. The van der Waals surface area contributed by atoms with Gasteiger partial charge in [-0.25, -0.2) is 4.98 Å². The minimum absolute atomic E-state index is 0.0666. The fourth-order valence-corrected chi connectivity index (χ4v) is 4.72. The molecule has 0 fully saturated rings. The SMILES string of the molecule is CC1CC(Br)=Cn2c1nc1c2C(c2cc(Cl)ccc2OC(F)F)CC1O. The summed E-state index contributed by atoms with van der Waals surface area (Å²) in [6, 6.07) is 4.58. The molecule has 3 unspecified atom stereocenters. The van der Waals surface area contributed by atoms with Crippen LogP contribution in [0.4, 0.5) is 8.78 Å². The van der Waals surface area contributed by atoms with Crippen molar-refractivity contribution in [1.29, 1.82) is 0 Å². The lowest BCUT2D eigenvalue weighted by Gasteiger charge is -2.23. The first-order valence-corrected chi connectivity index (χ1v) is 9.42. The first kappa shape index (κ1) is 17.9. The number of halogens is 4. The average molecular weight is 446 g/mol. The molecule has 4 nitrogen and oxygen atoms in total. The van der Waals surface area contributed by atoms with Gasteiger partial charge in [0.05, 0.1) is 17.5 Å². The third-order valence-corrected chi connectivity index (χ3v) is 5.65. The van der Waals surface area contributed by atoms with Gasteiger partial charge in [0.25, 0.3) is 0 Å². The van der Waals surface area contributed by atoms with E-state index in [1.54, 1.807) is 6.07 Å². The lowest BCUT2D eigenvalue weighted by molar-refractivity contribution is -0.0506. The average Bonchev–Trinajstić information content (AvgIpc) is 3.08. The number of aromatic nitrogens is 2. The van der Waals surface area contributed by atoms with Gasteiger partial charge in [-0.3, -0.25) is 0 Å². The number of allylic oxidation sites excluding steroid dienone is 1. The number of benzene rings is 1. The van der Waals surface area contributed by atoms with Crippen molar-refractivity contribution in [2.45, 2.75) is 44.3 Å². The van der Waals surface area contributed by atoms with Gasteiger partial charge in [0.2, 0.25) is 0 Å². The van der Waals surface area contributed by atoms with E-state index in [-0.39, 0.29) is 17.6 Å². The molecule has 3 atom stereocenters. The number of fused-ring (bicyclic) bond motifs is 3. The van der Waals surface area contributed by atoms with Gasteiger partial charge in [0.1, 0.15) is 11.6 Å². The Labute approximate surface area is 162 Å². The molecule has 4 rings (SSSR count). The zero-order valence-corrected chi connectivity index (χ0v) is 16.1. The number of hydrogen-bond donors (Lipinski definition) is 1. The number of imidazole rings is 1. The van der Waals surface area contributed by atoms with Crippen molar-refractivity contribution in [3.05, 3.63) is 50.5 Å². The minimum Gasteiger partial charge on any atom is -0.435 e. The predicted octanol–water partition coefficient (Wildman–Crippen LogP) is 5.41. The van der Waals surface area contributed by atoms with E-state index in [0.29, 0.717) is 22.7 Å². The molecule has 0 spiro atoms. The Morgan fingerprint density at radius 3 is 2.92 bits per heavy atom. The molecule has 0 saturated carbocycles. The first-order chi connectivity index (χ1) is 12.3. The number of nitrogens with zero attached hydrogens (tertiary/aromatic N) is 2. The summed E-state index contributed by atoms with van der Waals surface area (Å²) in [5, 5.41) is 11.0. The van der Waals surface area contributed by atoms with Gasteiger partial charge < -0.3 is 14.4 Å². The highest BCUT2D eigenvalue weighted by atomic mass is 79.9. The number of ether oxygens (including phenoxy) is 1. The summed E-state index contributed by atoms with van der Waals surface area (Å²) in [7, 11) is 0. The van der Waals surface area contributed by atoms with Crippen molar-refractivity contribution in [2.24, 2.45) is 0 Å². The largest absolute Gasteiger partial charge is 0.435 e. The zero-order chi connectivity index (χ0) is 18.6. The maximum atomic E-state index is 12.8. The van der Waals surface area contributed by atoms with Crippen LogP contribution in [-0.4, -0.2) is 21.3 Å². The van der Waals surface area contributed by atoms with Crippen LogP contribution < -0.4 is 4.74 Å². The monoisotopic (exact) mass is 444 g/mol. The van der Waals surface area contributed by atoms with E-state index in [9.17, 15) is 13.9 Å². The van der Waals surface area contributed by atoms with Crippen LogP contribution in [0, 0.1) is 0 Å². The molecule has 2 aromatic rings. The second-order valence-electron chi connectivity index (χ2n) is 6.66. The third kappa shape index (κ3) is 2.96. The highest BCUT2D eigenvalue weighted by Gasteiger charge is 2.40. The molecule has 1 aromatic carbocycles. The molecule has 1 aromatic heterocycles. The Bertz CT molecular complexity index is 900. The zero-order valence-electron chi connectivity index (χ0n) is 13.8. The molecule has 8 heteroatoms. The van der Waals surface area contributed by atoms with Crippen molar-refractivity contribution in [2.75, 3.05) is 0 Å². The van der Waals surface area contributed by atoms with Gasteiger partial charge in [-0.1, -0.05) is 34.5 Å². The minimum atomic E-state index is -2.94. The van der Waals surface area contributed by atoms with Gasteiger partial charge in [-0.2, -0.15) is 8.78 Å². The third-order valence-electron chi connectivity index (χ3n) is 4.88. The summed E-state index contributed by atoms with van der Waals surface area (Å²) in [6.45, 7) is -0.872. The lowest BCUT2D eigenvalue weighted by atomic mass is 9.95. The van der Waals surface area contributed by atoms with Gasteiger partial charge in [-0.15, -0.1) is 0 Å². The van der Waals surface area contributed by atoms with Crippen LogP contribution in [0.25, 0.3) is 6.20 Å². The Balaban J connectivity index is 1.87. The van der Waals surface area contributed by atoms with Crippen LogP contribution in [-0.2, 0) is 0 Å². The molecular weight excluding hydrogens is 430 g/mol. The standard InChI is InChI=1S/C18H16BrClF2N2O2/c1-8-4-9(19)7-24-16-12(6-13(25)15(16)23-17(8)24)11-5-10(20)2-3-14(11)26-18(21)22/h2-3,5,7-8,12-13,18,25H,4,6H2,1H3. The number of aliphatic hydroxyl groups is 1. The van der Waals surface area contributed by atoms with Crippen LogP contribution >= 0.6 is 27.5 Å². The lowest BCUT2D eigenvalue weighted by Crippen LogP contribution is -2.13. The summed E-state index contributed by atoms with van der Waals surface area (Å²) >= 11 is 9.66. The maximum absolute atomic E-state index is 12.8. The van der Waals surface area contributed by atoms with Crippen LogP contribution in [0.15, 0.2) is 22.7 Å². The Kier molecular flexibility index (Phi) is 4.57. The number of rotatable bonds is 3. The molecule has 0 saturated heterocycles. The molecule has 0 bridgehead atoms. The number of alkyl halides is 2. The van der Waals surface area contributed by atoms with E-state index in [1.807, 2.05) is 10.8 Å². The van der Waals surface area contributed by atoms with E-state index in [0.717, 1.165) is 22.4 Å². The van der Waals surface area contributed by atoms with Gasteiger partial charge in [-0.05, 0) is 31.0 Å². The second kappa shape index (κ2) is 6.62. The Morgan fingerprint density at radius 2 is 2.19 bits per heavy atom. The molecule has 1 N–H and O–H groups in total. The van der Waals surface area contributed by atoms with Crippen LogP contribution in [0.3, 0.4) is 0 Å². The summed E-state index contributed by atoms with van der Waals surface area (Å²) in [5.41, 5.74) is 1.93. The summed E-state index contributed by atoms with van der Waals surface area (Å²) in [5.74, 6) is 0.775. The van der Waals surface area contributed by atoms with Crippen molar-refractivity contribution in [3.63, 3.8) is 0 Å². The van der Waals surface area contributed by atoms with Crippen molar-refractivity contribution in [1.82, 2.24) is 9.55 Å². The molecule has 2 aliphatic rings. The molecule has 138 valence electrons. The molecule has 0 amide bonds. The Morgan fingerprint density at radius 1 is 1.42 bits per heavy atom. The van der Waals surface area contributed by atoms with Crippen molar-refractivity contribution < 1.29 is 18.6 Å². The topological polar surface area (TPSA) is 47.3 Å². The molecular formula is C18H16BrClF2N2O2. The van der Waals surface area contributed by atoms with Gasteiger partial charge in [0.15, 0.2) is 0 Å². The maximum Gasteiger partial charge on any atom is 0.387 e. The number of aliphatic hydroxyl groups excluding tert-OH is 1. The Hall–Kier alpha value is -1.44. The van der Waals surface area contributed by atoms with Crippen molar-refractivity contribution in [3.8, 4) is 5.75 Å². The van der Waals surface area contributed by atoms with Gasteiger partial charge >= 0.3 is 6.61 Å². The molecule has 1 aliphatic heterocycles. The summed E-state index contributed by atoms with van der Waals surface area (Å²) in [6.07, 6.45) is 2.35. The van der Waals surface area contributed by atoms with E-state index < -0.39 is 12.7 Å². The summed E-state index contributed by atoms with van der Waals surface area (Å²) in [4.78, 5) is 4.64. The quantitative estimate of drug-likeness (QED) is 0.687. The van der Waals surface area contributed by atoms with E-state index in [4.69, 9.17) is 16.3 Å². The van der Waals surface area contributed by atoms with Crippen LogP contribution in [0.1, 0.15) is 60.5 Å². The first-order valence-electron chi connectivity index (χ1n) is 8.25. The predicted molar refractivity (Wildman–Crippen MR) is 98.0 cm³/mol. The van der Waals surface area contributed by atoms with Crippen LogP contribution in [0.2, 0.25) is 5.02 Å². The highest BCUT2D eigenvalue weighted by molar-refractivity contribution is 9.11. The summed E-state index contributed by atoms with van der Waals surface area (Å²) < 4.78 is 33.4. The molecule has 2 heterocycles. The fourth-order valence-electron chi connectivity index (χ4n) is 3.85. The van der Waals surface area contributed by atoms with Crippen molar-refractivity contribution >= 4 is 33.7 Å².